The molecule has 0 atom stereocenters. The maximum absolute atomic E-state index is 15.2. The van der Waals surface area contributed by atoms with Crippen molar-refractivity contribution in [3.63, 3.8) is 0 Å². The van der Waals surface area contributed by atoms with E-state index in [4.69, 9.17) is 0 Å². The molecule has 2 heterocycles. The Morgan fingerprint density at radius 2 is 1.78 bits per heavy atom. The van der Waals surface area contributed by atoms with Crippen LogP contribution in [0.1, 0.15) is 0 Å². The summed E-state index contributed by atoms with van der Waals surface area (Å²) in [6.07, 6.45) is 3.23. The molecule has 0 aliphatic carbocycles. The third-order valence-electron chi connectivity index (χ3n) is 4.18. The monoisotopic (exact) mass is 366 g/mol. The number of hydrogen-bond acceptors (Lipinski definition) is 4. The van der Waals surface area contributed by atoms with Crippen molar-refractivity contribution in [3.8, 4) is 22.5 Å². The summed E-state index contributed by atoms with van der Waals surface area (Å²) in [5.74, 6) is -1.46. The zero-order valence-electron chi connectivity index (χ0n) is 14.2. The number of nitrogens with one attached hydrogen (secondary N) is 1. The minimum atomic E-state index is -0.723. The molecule has 0 spiro atoms. The number of rotatable bonds is 3. The minimum absolute atomic E-state index is 0.0614. The van der Waals surface area contributed by atoms with Crippen LogP contribution in [0.4, 0.5) is 19.0 Å². The highest BCUT2D eigenvalue weighted by atomic mass is 19.1. The highest BCUT2D eigenvalue weighted by Gasteiger charge is 2.18. The SMILES string of the molecule is CNc1nc(-c2cccnc2)nc2ccc(-c3cc(F)ccc3F)c(F)c12. The number of anilines is 1. The number of pyridine rings is 1. The van der Waals surface area contributed by atoms with Crippen molar-refractivity contribution in [3.05, 3.63) is 72.3 Å². The first kappa shape index (κ1) is 17.0. The lowest BCUT2D eigenvalue weighted by Crippen LogP contribution is -2.02. The molecular weight excluding hydrogens is 353 g/mol. The summed E-state index contributed by atoms with van der Waals surface area (Å²) in [6.45, 7) is 0. The van der Waals surface area contributed by atoms with Crippen molar-refractivity contribution < 1.29 is 13.2 Å². The Labute approximate surface area is 152 Å². The number of halogens is 3. The van der Waals surface area contributed by atoms with Crippen LogP contribution >= 0.6 is 0 Å². The van der Waals surface area contributed by atoms with Crippen molar-refractivity contribution in [2.45, 2.75) is 0 Å². The zero-order valence-corrected chi connectivity index (χ0v) is 14.2. The second-order valence-electron chi connectivity index (χ2n) is 5.83. The van der Waals surface area contributed by atoms with Crippen LogP contribution in [0.5, 0.6) is 0 Å². The van der Waals surface area contributed by atoms with E-state index in [1.54, 1.807) is 37.6 Å². The molecule has 0 saturated heterocycles. The van der Waals surface area contributed by atoms with Gasteiger partial charge in [0.25, 0.3) is 0 Å². The molecule has 2 aromatic heterocycles. The summed E-state index contributed by atoms with van der Waals surface area (Å²) in [7, 11) is 1.60. The molecular formula is C20H13F3N4. The molecule has 1 N–H and O–H groups in total. The van der Waals surface area contributed by atoms with Gasteiger partial charge in [0.2, 0.25) is 0 Å². The molecule has 7 heteroatoms. The Bertz CT molecular complexity index is 1150. The normalized spacial score (nSPS) is 11.0. The van der Waals surface area contributed by atoms with Gasteiger partial charge in [0.05, 0.1) is 10.9 Å². The molecule has 2 aromatic carbocycles. The predicted octanol–water partition coefficient (Wildman–Crippen LogP) is 4.82. The first-order valence-corrected chi connectivity index (χ1v) is 8.12. The van der Waals surface area contributed by atoms with Crippen LogP contribution in [0, 0.1) is 17.5 Å². The summed E-state index contributed by atoms with van der Waals surface area (Å²) in [5, 5.41) is 2.95. The van der Waals surface area contributed by atoms with E-state index in [-0.39, 0.29) is 22.3 Å². The summed E-state index contributed by atoms with van der Waals surface area (Å²) in [6, 6.07) is 9.40. The number of benzene rings is 2. The molecule has 0 bridgehead atoms. The second kappa shape index (κ2) is 6.68. The lowest BCUT2D eigenvalue weighted by atomic mass is 10.0. The van der Waals surface area contributed by atoms with Gasteiger partial charge in [-0.15, -0.1) is 0 Å². The second-order valence-corrected chi connectivity index (χ2v) is 5.83. The van der Waals surface area contributed by atoms with E-state index in [0.717, 1.165) is 18.2 Å². The van der Waals surface area contributed by atoms with Gasteiger partial charge in [-0.3, -0.25) is 4.98 Å². The Balaban J connectivity index is 1.97. The first-order chi connectivity index (χ1) is 13.1. The largest absolute Gasteiger partial charge is 0.372 e. The van der Waals surface area contributed by atoms with Gasteiger partial charge in [0, 0.05) is 36.1 Å². The Kier molecular flexibility index (Phi) is 4.19. The molecule has 4 rings (SSSR count). The van der Waals surface area contributed by atoms with Crippen molar-refractivity contribution in [1.82, 2.24) is 15.0 Å². The molecule has 27 heavy (non-hydrogen) atoms. The maximum atomic E-state index is 15.2. The van der Waals surface area contributed by atoms with Crippen LogP contribution in [0.25, 0.3) is 33.4 Å². The van der Waals surface area contributed by atoms with Crippen molar-refractivity contribution in [2.24, 2.45) is 0 Å². The number of hydrogen-bond donors (Lipinski definition) is 1. The molecule has 0 aliphatic heterocycles. The average Bonchev–Trinajstić information content (AvgIpc) is 2.70. The van der Waals surface area contributed by atoms with Gasteiger partial charge < -0.3 is 5.32 Å². The van der Waals surface area contributed by atoms with E-state index in [1.807, 2.05) is 0 Å². The molecule has 134 valence electrons. The highest BCUT2D eigenvalue weighted by Crippen LogP contribution is 2.34. The number of nitrogens with zero attached hydrogens (tertiary/aromatic N) is 3. The van der Waals surface area contributed by atoms with Crippen LogP contribution in [-0.4, -0.2) is 22.0 Å². The van der Waals surface area contributed by atoms with Crippen LogP contribution in [0.15, 0.2) is 54.9 Å². The van der Waals surface area contributed by atoms with Gasteiger partial charge in [0.15, 0.2) is 5.82 Å². The van der Waals surface area contributed by atoms with Gasteiger partial charge in [0.1, 0.15) is 23.3 Å². The van der Waals surface area contributed by atoms with Gasteiger partial charge in [-0.05, 0) is 42.5 Å². The lowest BCUT2D eigenvalue weighted by Gasteiger charge is -2.12. The van der Waals surface area contributed by atoms with E-state index < -0.39 is 17.5 Å². The Morgan fingerprint density at radius 1 is 0.926 bits per heavy atom. The summed E-state index contributed by atoms with van der Waals surface area (Å²) < 4.78 is 42.9. The zero-order chi connectivity index (χ0) is 19.0. The van der Waals surface area contributed by atoms with Crippen LogP contribution in [0.2, 0.25) is 0 Å². The molecule has 4 nitrogen and oxygen atoms in total. The molecule has 4 aromatic rings. The standard InChI is InChI=1S/C20H13F3N4/c1-24-20-17-16(26-19(27-20)11-3-2-8-25-10-11)7-5-13(18(17)23)14-9-12(21)4-6-15(14)22/h2-10H,1H3,(H,24,26,27). The minimum Gasteiger partial charge on any atom is -0.372 e. The van der Waals surface area contributed by atoms with Crippen molar-refractivity contribution in [1.29, 1.82) is 0 Å². The third-order valence-corrected chi connectivity index (χ3v) is 4.18. The van der Waals surface area contributed by atoms with Crippen LogP contribution in [-0.2, 0) is 0 Å². The summed E-state index contributed by atoms with van der Waals surface area (Å²) >= 11 is 0. The topological polar surface area (TPSA) is 50.7 Å². The molecule has 0 aliphatic rings. The lowest BCUT2D eigenvalue weighted by molar-refractivity contribution is 0.599. The highest BCUT2D eigenvalue weighted by molar-refractivity contribution is 5.94. The number of aromatic nitrogens is 3. The van der Waals surface area contributed by atoms with Crippen LogP contribution in [0.3, 0.4) is 0 Å². The van der Waals surface area contributed by atoms with E-state index in [1.165, 1.54) is 6.07 Å². The Morgan fingerprint density at radius 3 is 2.52 bits per heavy atom. The van der Waals surface area contributed by atoms with Gasteiger partial charge in [-0.1, -0.05) is 0 Å². The molecule has 0 fully saturated rings. The van der Waals surface area contributed by atoms with E-state index in [2.05, 4.69) is 20.3 Å². The molecule has 0 radical (unpaired) electrons. The maximum Gasteiger partial charge on any atom is 0.163 e. The quantitative estimate of drug-likeness (QED) is 0.565. The summed E-state index contributed by atoms with van der Waals surface area (Å²) in [5.41, 5.74) is 0.796. The van der Waals surface area contributed by atoms with E-state index in [0.29, 0.717) is 16.9 Å². The van der Waals surface area contributed by atoms with E-state index >= 15 is 4.39 Å². The Hall–Kier alpha value is -3.48. The fourth-order valence-corrected chi connectivity index (χ4v) is 2.90. The molecule has 0 amide bonds. The fraction of sp³-hybridized carbons (Fsp3) is 0.0500. The number of fused-ring (bicyclic) bond motifs is 1. The predicted molar refractivity (Wildman–Crippen MR) is 97.6 cm³/mol. The third kappa shape index (κ3) is 2.97. The molecule has 0 unspecified atom stereocenters. The molecule has 0 saturated carbocycles. The van der Waals surface area contributed by atoms with Crippen molar-refractivity contribution in [2.75, 3.05) is 12.4 Å². The van der Waals surface area contributed by atoms with Gasteiger partial charge in [-0.2, -0.15) is 0 Å². The summed E-state index contributed by atoms with van der Waals surface area (Å²) in [4.78, 5) is 12.8. The fourth-order valence-electron chi connectivity index (χ4n) is 2.90. The van der Waals surface area contributed by atoms with Crippen LogP contribution < -0.4 is 5.32 Å². The first-order valence-electron chi connectivity index (χ1n) is 8.12. The van der Waals surface area contributed by atoms with Gasteiger partial charge >= 0.3 is 0 Å². The van der Waals surface area contributed by atoms with Gasteiger partial charge in [-0.25, -0.2) is 23.1 Å². The smallest absolute Gasteiger partial charge is 0.163 e. The average molecular weight is 366 g/mol. The van der Waals surface area contributed by atoms with Crippen molar-refractivity contribution >= 4 is 16.7 Å². The van der Waals surface area contributed by atoms with E-state index in [9.17, 15) is 8.78 Å².